The molecule has 2 aromatic heterocycles. The predicted molar refractivity (Wildman–Crippen MR) is 121 cm³/mol. The van der Waals surface area contributed by atoms with Crippen LogP contribution in [0.2, 0.25) is 0 Å². The zero-order valence-corrected chi connectivity index (χ0v) is 17.9. The minimum Gasteiger partial charge on any atom is -0.481 e. The number of carbonyl (C=O) groups is 2. The molecule has 0 bridgehead atoms. The number of aryl methyl sites for hydroxylation is 1. The number of thiophene rings is 1. The fourth-order valence-corrected chi connectivity index (χ4v) is 4.09. The number of anilines is 1. The number of carbonyl (C=O) groups excluding carboxylic acids is 1. The number of carboxylic acid groups (broad SMARTS) is 1. The zero-order chi connectivity index (χ0) is 22.5. The number of hydrogen-bond donors (Lipinski definition) is 2. The first-order valence-corrected chi connectivity index (χ1v) is 10.5. The third-order valence-electron chi connectivity index (χ3n) is 4.52. The molecule has 4 rings (SSSR count). The summed E-state index contributed by atoms with van der Waals surface area (Å²) in [5.41, 5.74) is 2.45. The van der Waals surface area contributed by atoms with Gasteiger partial charge in [-0.1, -0.05) is 47.5 Å². The highest BCUT2D eigenvalue weighted by Crippen LogP contribution is 2.27. The van der Waals surface area contributed by atoms with E-state index in [0.717, 1.165) is 26.1 Å². The summed E-state index contributed by atoms with van der Waals surface area (Å²) in [6, 6.07) is 16.9. The number of aliphatic carboxylic acids is 1. The number of carboxylic acids is 1. The molecule has 1 amide bonds. The molecule has 0 unspecified atom stereocenters. The van der Waals surface area contributed by atoms with Crippen molar-refractivity contribution in [3.63, 3.8) is 0 Å². The molecule has 0 saturated heterocycles. The zero-order valence-electron chi connectivity index (χ0n) is 17.0. The molecule has 4 aromatic rings. The summed E-state index contributed by atoms with van der Waals surface area (Å²) >= 11 is 1.42. The van der Waals surface area contributed by atoms with Crippen LogP contribution in [0.1, 0.15) is 27.5 Å². The second-order valence-electron chi connectivity index (χ2n) is 6.94. The third-order valence-corrected chi connectivity index (χ3v) is 5.62. The van der Waals surface area contributed by atoms with Crippen molar-refractivity contribution in [1.29, 1.82) is 0 Å². The summed E-state index contributed by atoms with van der Waals surface area (Å²) in [7, 11) is 0. The Labute approximate surface area is 187 Å². The van der Waals surface area contributed by atoms with Crippen molar-refractivity contribution < 1.29 is 24.0 Å². The number of nitrogens with zero attached hydrogens (tertiary/aromatic N) is 1. The smallest absolute Gasteiger partial charge is 0.412 e. The first kappa shape index (κ1) is 21.2. The summed E-state index contributed by atoms with van der Waals surface area (Å²) in [6.07, 6.45) is -0.637. The van der Waals surface area contributed by atoms with Gasteiger partial charge in [-0.05, 0) is 42.0 Å². The number of aromatic nitrogens is 1. The Morgan fingerprint density at radius 2 is 1.97 bits per heavy atom. The van der Waals surface area contributed by atoms with Gasteiger partial charge in [-0.3, -0.25) is 10.1 Å². The lowest BCUT2D eigenvalue weighted by atomic mass is 10.1. The topological polar surface area (TPSA) is 102 Å². The molecule has 0 radical (unpaired) electrons. The van der Waals surface area contributed by atoms with Crippen LogP contribution in [-0.4, -0.2) is 22.3 Å². The van der Waals surface area contributed by atoms with Crippen LogP contribution in [0.4, 0.5) is 10.5 Å². The lowest BCUT2D eigenvalue weighted by molar-refractivity contribution is -0.136. The molecule has 2 aromatic carbocycles. The minimum absolute atomic E-state index is 0.00684. The fourth-order valence-electron chi connectivity index (χ4n) is 2.99. The Morgan fingerprint density at radius 1 is 1.16 bits per heavy atom. The van der Waals surface area contributed by atoms with E-state index in [9.17, 15) is 9.59 Å². The predicted octanol–water partition coefficient (Wildman–Crippen LogP) is 4.97. The van der Waals surface area contributed by atoms with Gasteiger partial charge >= 0.3 is 12.1 Å². The largest absolute Gasteiger partial charge is 0.481 e. The molecular formula is C24H18N2O5S. The van der Waals surface area contributed by atoms with Crippen LogP contribution in [0.15, 0.2) is 59.1 Å². The van der Waals surface area contributed by atoms with Crippen molar-refractivity contribution in [1.82, 2.24) is 5.16 Å². The highest BCUT2D eigenvalue weighted by atomic mass is 32.1. The quantitative estimate of drug-likeness (QED) is 0.420. The summed E-state index contributed by atoms with van der Waals surface area (Å²) in [5.74, 6) is 5.25. The van der Waals surface area contributed by atoms with E-state index in [2.05, 4.69) is 22.3 Å². The molecular weight excluding hydrogens is 428 g/mol. The van der Waals surface area contributed by atoms with Crippen LogP contribution in [0.5, 0.6) is 0 Å². The van der Waals surface area contributed by atoms with Gasteiger partial charge in [-0.15, -0.1) is 11.3 Å². The lowest BCUT2D eigenvalue weighted by Gasteiger charge is -2.06. The number of amides is 1. The standard InChI is InChI=1S/C24H18N2O5S/c1-15-23(25-24(29)30-14-17-5-3-2-4-6-17)20(31-26-15)10-8-16-7-9-18-12-19(13-22(27)28)32-21(18)11-16/h2-7,9,11-12H,13-14H2,1H3,(H,25,29)(H,27,28). The van der Waals surface area contributed by atoms with Crippen molar-refractivity contribution in [2.45, 2.75) is 20.0 Å². The third kappa shape index (κ3) is 5.14. The average molecular weight is 446 g/mol. The van der Waals surface area contributed by atoms with E-state index >= 15 is 0 Å². The van der Waals surface area contributed by atoms with Gasteiger partial charge in [-0.2, -0.15) is 0 Å². The maximum Gasteiger partial charge on any atom is 0.412 e. The van der Waals surface area contributed by atoms with Crippen molar-refractivity contribution in [2.75, 3.05) is 5.32 Å². The number of rotatable bonds is 5. The highest BCUT2D eigenvalue weighted by Gasteiger charge is 2.15. The van der Waals surface area contributed by atoms with Crippen molar-refractivity contribution >= 4 is 39.2 Å². The Kier molecular flexibility index (Phi) is 6.19. The summed E-state index contributed by atoms with van der Waals surface area (Å²) in [5, 5.41) is 16.5. The van der Waals surface area contributed by atoms with E-state index in [4.69, 9.17) is 14.4 Å². The van der Waals surface area contributed by atoms with Gasteiger partial charge in [0.05, 0.1) is 6.42 Å². The van der Waals surface area contributed by atoms with E-state index in [1.54, 1.807) is 6.92 Å². The lowest BCUT2D eigenvalue weighted by Crippen LogP contribution is -2.14. The van der Waals surface area contributed by atoms with Gasteiger partial charge in [0, 0.05) is 15.1 Å². The molecule has 7 nitrogen and oxygen atoms in total. The minimum atomic E-state index is -0.861. The molecule has 0 aliphatic carbocycles. The maximum atomic E-state index is 12.2. The van der Waals surface area contributed by atoms with Crippen molar-refractivity contribution in [3.05, 3.63) is 82.1 Å². The molecule has 0 saturated carbocycles. The summed E-state index contributed by atoms with van der Waals surface area (Å²) in [4.78, 5) is 23.9. The normalized spacial score (nSPS) is 10.4. The molecule has 2 N–H and O–H groups in total. The second kappa shape index (κ2) is 9.37. The Balaban J connectivity index is 1.47. The molecule has 0 spiro atoms. The molecule has 0 atom stereocenters. The van der Waals surface area contributed by atoms with E-state index in [1.807, 2.05) is 54.6 Å². The number of nitrogens with one attached hydrogen (secondary N) is 1. The fraction of sp³-hybridized carbons (Fsp3) is 0.125. The molecule has 8 heteroatoms. The van der Waals surface area contributed by atoms with E-state index < -0.39 is 12.1 Å². The van der Waals surface area contributed by atoms with E-state index in [-0.39, 0.29) is 18.8 Å². The van der Waals surface area contributed by atoms with Crippen LogP contribution in [0, 0.1) is 18.8 Å². The summed E-state index contributed by atoms with van der Waals surface area (Å²) < 4.78 is 11.5. The maximum absolute atomic E-state index is 12.2. The molecule has 160 valence electrons. The van der Waals surface area contributed by atoms with Gasteiger partial charge in [0.15, 0.2) is 0 Å². The average Bonchev–Trinajstić information content (AvgIpc) is 3.33. The first-order valence-electron chi connectivity index (χ1n) is 9.68. The van der Waals surface area contributed by atoms with Gasteiger partial charge in [0.2, 0.25) is 5.76 Å². The number of ether oxygens (including phenoxy) is 1. The molecule has 0 aliphatic heterocycles. The van der Waals surface area contributed by atoms with E-state index in [0.29, 0.717) is 11.4 Å². The van der Waals surface area contributed by atoms with Crippen molar-refractivity contribution in [3.8, 4) is 11.8 Å². The van der Waals surface area contributed by atoms with Crippen LogP contribution in [-0.2, 0) is 22.6 Å². The summed E-state index contributed by atoms with van der Waals surface area (Å²) in [6.45, 7) is 1.84. The SMILES string of the molecule is Cc1noc(C#Cc2ccc3cc(CC(=O)O)sc3c2)c1NC(=O)OCc1ccccc1. The van der Waals surface area contributed by atoms with Gasteiger partial charge < -0.3 is 14.4 Å². The Morgan fingerprint density at radius 3 is 2.75 bits per heavy atom. The number of fused-ring (bicyclic) bond motifs is 1. The van der Waals surface area contributed by atoms with Gasteiger partial charge in [0.25, 0.3) is 0 Å². The molecule has 0 aliphatic rings. The highest BCUT2D eigenvalue weighted by molar-refractivity contribution is 7.19. The van der Waals surface area contributed by atoms with E-state index in [1.165, 1.54) is 11.3 Å². The van der Waals surface area contributed by atoms with Crippen LogP contribution in [0.25, 0.3) is 10.1 Å². The number of hydrogen-bond acceptors (Lipinski definition) is 6. The first-order chi connectivity index (χ1) is 15.5. The van der Waals surface area contributed by atoms with Crippen LogP contribution in [0.3, 0.4) is 0 Å². The molecule has 2 heterocycles. The van der Waals surface area contributed by atoms with Gasteiger partial charge in [0.1, 0.15) is 18.0 Å². The van der Waals surface area contributed by atoms with Crippen LogP contribution >= 0.6 is 11.3 Å². The van der Waals surface area contributed by atoms with Crippen LogP contribution < -0.4 is 5.32 Å². The molecule has 32 heavy (non-hydrogen) atoms. The Bertz CT molecular complexity index is 1350. The monoisotopic (exact) mass is 446 g/mol. The molecule has 0 fully saturated rings. The van der Waals surface area contributed by atoms with Crippen molar-refractivity contribution in [2.24, 2.45) is 0 Å². The second-order valence-corrected chi connectivity index (χ2v) is 8.11. The Hall–Kier alpha value is -4.09. The van der Waals surface area contributed by atoms with Gasteiger partial charge in [-0.25, -0.2) is 4.79 Å². The number of benzene rings is 2.